The molecule has 3 aromatic rings. The minimum Gasteiger partial charge on any atom is -0.493 e. The highest BCUT2D eigenvalue weighted by Gasteiger charge is 2.32. The van der Waals surface area contributed by atoms with Crippen LogP contribution < -0.4 is 32.4 Å². The standard InChI is InChI=1S/C27H32F3N7O2S/c1-16-5-6-17(10-23(16)37(33)15-22(31)24-14-34-26(32)40-24)25(38)35-19-11-18(27(28,29)30)12-21(13-19)39-9-7-20-4-3-8-36(20)2/h5-6,10-15,20H,3-4,7-9,31,33H2,1-2H3,(H2,32,34)(H,35,38)/b22-15-. The number of alkyl halides is 3. The number of thiazole rings is 1. The van der Waals surface area contributed by atoms with Crippen molar-refractivity contribution in [2.45, 2.75) is 38.4 Å². The summed E-state index contributed by atoms with van der Waals surface area (Å²) in [4.78, 5) is 19.9. The number of nitrogens with two attached hydrogens (primary N) is 3. The van der Waals surface area contributed by atoms with Gasteiger partial charge in [-0.25, -0.2) is 10.8 Å². The number of nitrogens with one attached hydrogen (secondary N) is 1. The molecule has 1 aromatic heterocycles. The van der Waals surface area contributed by atoms with Crippen molar-refractivity contribution in [3.63, 3.8) is 0 Å². The van der Waals surface area contributed by atoms with Gasteiger partial charge in [0.1, 0.15) is 5.75 Å². The van der Waals surface area contributed by atoms with E-state index in [2.05, 4.69) is 15.2 Å². The number of aryl methyl sites for hydroxylation is 1. The highest BCUT2D eigenvalue weighted by molar-refractivity contribution is 7.16. The van der Waals surface area contributed by atoms with Crippen LogP contribution in [0.2, 0.25) is 0 Å². The Morgan fingerprint density at radius 3 is 2.73 bits per heavy atom. The second-order valence-electron chi connectivity index (χ2n) is 9.67. The van der Waals surface area contributed by atoms with Crippen LogP contribution in [0.5, 0.6) is 5.75 Å². The molecule has 1 aliphatic rings. The zero-order chi connectivity index (χ0) is 29.0. The second-order valence-corrected chi connectivity index (χ2v) is 10.7. The Morgan fingerprint density at radius 2 is 2.08 bits per heavy atom. The molecule has 40 heavy (non-hydrogen) atoms. The molecule has 0 saturated carbocycles. The summed E-state index contributed by atoms with van der Waals surface area (Å²) in [6.45, 7) is 3.06. The Balaban J connectivity index is 1.51. The molecule has 4 rings (SSSR count). The third kappa shape index (κ3) is 7.23. The van der Waals surface area contributed by atoms with Gasteiger partial charge in [0.15, 0.2) is 5.13 Å². The van der Waals surface area contributed by atoms with Gasteiger partial charge >= 0.3 is 6.18 Å². The highest BCUT2D eigenvalue weighted by Crippen LogP contribution is 2.35. The molecular formula is C27H32F3N7O2S. The van der Waals surface area contributed by atoms with E-state index in [0.29, 0.717) is 33.9 Å². The Bertz CT molecular complexity index is 1390. The maximum Gasteiger partial charge on any atom is 0.416 e. The van der Waals surface area contributed by atoms with Gasteiger partial charge in [-0.05, 0) is 69.6 Å². The molecule has 1 saturated heterocycles. The smallest absolute Gasteiger partial charge is 0.416 e. The first-order chi connectivity index (χ1) is 18.9. The first-order valence-electron chi connectivity index (χ1n) is 12.6. The maximum atomic E-state index is 13.6. The number of nitrogen functional groups attached to an aromatic ring is 1. The van der Waals surface area contributed by atoms with Gasteiger partial charge in [0.05, 0.1) is 28.4 Å². The molecule has 1 unspecified atom stereocenters. The van der Waals surface area contributed by atoms with Crippen molar-refractivity contribution in [2.75, 3.05) is 36.3 Å². The molecule has 0 spiro atoms. The lowest BCUT2D eigenvalue weighted by molar-refractivity contribution is -0.137. The normalized spacial score (nSPS) is 16.2. The molecule has 13 heteroatoms. The Morgan fingerprint density at radius 1 is 1.30 bits per heavy atom. The zero-order valence-electron chi connectivity index (χ0n) is 22.2. The summed E-state index contributed by atoms with van der Waals surface area (Å²) in [5.41, 5.74) is 12.5. The number of carbonyl (C=O) groups is 1. The minimum absolute atomic E-state index is 0.0350. The maximum absolute atomic E-state index is 13.6. The highest BCUT2D eigenvalue weighted by atomic mass is 32.1. The number of likely N-dealkylation sites (tertiary alicyclic amines) is 1. The molecule has 1 atom stereocenters. The van der Waals surface area contributed by atoms with Crippen LogP contribution in [0.1, 0.15) is 45.6 Å². The van der Waals surface area contributed by atoms with Gasteiger partial charge in [-0.15, -0.1) is 0 Å². The lowest BCUT2D eigenvalue weighted by Gasteiger charge is -2.20. The van der Waals surface area contributed by atoms with E-state index in [9.17, 15) is 18.0 Å². The predicted octanol–water partition coefficient (Wildman–Crippen LogP) is 4.81. The number of hydrogen-bond donors (Lipinski definition) is 4. The molecule has 214 valence electrons. The van der Waals surface area contributed by atoms with Crippen LogP contribution in [0.3, 0.4) is 0 Å². The van der Waals surface area contributed by atoms with E-state index in [1.807, 2.05) is 7.05 Å². The minimum atomic E-state index is -4.61. The van der Waals surface area contributed by atoms with Crippen molar-refractivity contribution < 1.29 is 22.7 Å². The van der Waals surface area contributed by atoms with E-state index in [1.54, 1.807) is 19.1 Å². The summed E-state index contributed by atoms with van der Waals surface area (Å²) in [5, 5.41) is 4.17. The van der Waals surface area contributed by atoms with Gasteiger partial charge in [0.25, 0.3) is 5.91 Å². The number of halogens is 3. The van der Waals surface area contributed by atoms with Gasteiger partial charge in [-0.1, -0.05) is 17.4 Å². The fraction of sp³-hybridized carbons (Fsp3) is 0.333. The number of hydrogen-bond acceptors (Lipinski definition) is 9. The summed E-state index contributed by atoms with van der Waals surface area (Å²) < 4.78 is 46.6. The van der Waals surface area contributed by atoms with Crippen LogP contribution in [0.25, 0.3) is 5.70 Å². The van der Waals surface area contributed by atoms with Gasteiger partial charge in [-0.2, -0.15) is 13.2 Å². The number of aromatic nitrogens is 1. The van der Waals surface area contributed by atoms with Crippen LogP contribution >= 0.6 is 11.3 Å². The van der Waals surface area contributed by atoms with Gasteiger partial charge in [0.2, 0.25) is 0 Å². The first kappa shape index (κ1) is 29.2. The summed E-state index contributed by atoms with van der Waals surface area (Å²) in [6, 6.07) is 8.32. The molecule has 9 nitrogen and oxygen atoms in total. The van der Waals surface area contributed by atoms with Crippen molar-refractivity contribution in [3.05, 3.63) is 70.4 Å². The van der Waals surface area contributed by atoms with E-state index >= 15 is 0 Å². The van der Waals surface area contributed by atoms with Crippen LogP contribution in [0.4, 0.5) is 29.7 Å². The lowest BCUT2D eigenvalue weighted by atomic mass is 10.1. The topological polar surface area (TPSA) is 136 Å². The van der Waals surface area contributed by atoms with Crippen LogP contribution in [-0.4, -0.2) is 42.0 Å². The molecular weight excluding hydrogens is 543 g/mol. The number of benzene rings is 2. The summed E-state index contributed by atoms with van der Waals surface area (Å²) in [7, 11) is 2.03. The quantitative estimate of drug-likeness (QED) is 0.211. The van der Waals surface area contributed by atoms with E-state index < -0.39 is 17.6 Å². The zero-order valence-corrected chi connectivity index (χ0v) is 23.0. The SMILES string of the molecule is Cc1ccc(C(=O)Nc2cc(OCCC3CCCN3C)cc(C(F)(F)F)c2)cc1N(N)/C=C(\N)c1cnc(N)s1. The number of rotatable bonds is 9. The largest absolute Gasteiger partial charge is 0.493 e. The second kappa shape index (κ2) is 12.1. The van der Waals surface area contributed by atoms with Crippen LogP contribution in [0.15, 0.2) is 48.8 Å². The number of amides is 1. The van der Waals surface area contributed by atoms with Crippen molar-refractivity contribution in [1.82, 2.24) is 9.88 Å². The Kier molecular flexibility index (Phi) is 8.86. The number of carbonyl (C=O) groups excluding carboxylic acids is 1. The molecule has 1 amide bonds. The summed E-state index contributed by atoms with van der Waals surface area (Å²) in [6.07, 6.45) is 1.20. The number of nitrogens with zero attached hydrogens (tertiary/aromatic N) is 3. The van der Waals surface area contributed by atoms with Gasteiger partial charge in [0, 0.05) is 35.8 Å². The molecule has 7 N–H and O–H groups in total. The van der Waals surface area contributed by atoms with Crippen molar-refractivity contribution in [2.24, 2.45) is 11.6 Å². The fourth-order valence-corrected chi connectivity index (χ4v) is 5.12. The number of hydrazine groups is 1. The number of anilines is 3. The monoisotopic (exact) mass is 575 g/mol. The molecule has 0 bridgehead atoms. The third-order valence-electron chi connectivity index (χ3n) is 6.72. The van der Waals surface area contributed by atoms with Crippen molar-refractivity contribution in [3.8, 4) is 5.75 Å². The molecule has 0 radical (unpaired) electrons. The van der Waals surface area contributed by atoms with E-state index in [1.165, 1.54) is 40.9 Å². The van der Waals surface area contributed by atoms with Crippen LogP contribution in [0, 0.1) is 6.92 Å². The van der Waals surface area contributed by atoms with E-state index in [4.69, 9.17) is 22.0 Å². The fourth-order valence-electron chi connectivity index (χ4n) is 4.51. The van der Waals surface area contributed by atoms with Crippen LogP contribution in [-0.2, 0) is 6.18 Å². The molecule has 2 aromatic carbocycles. The average Bonchev–Trinajstić information content (AvgIpc) is 3.51. The lowest BCUT2D eigenvalue weighted by Crippen LogP contribution is -2.27. The van der Waals surface area contributed by atoms with Gasteiger partial charge in [-0.3, -0.25) is 9.80 Å². The predicted molar refractivity (Wildman–Crippen MR) is 152 cm³/mol. The Hall–Kier alpha value is -3.81. The summed E-state index contributed by atoms with van der Waals surface area (Å²) >= 11 is 1.20. The first-order valence-corrected chi connectivity index (χ1v) is 13.4. The van der Waals surface area contributed by atoms with E-state index in [0.717, 1.165) is 37.1 Å². The van der Waals surface area contributed by atoms with Crippen molar-refractivity contribution >= 4 is 39.4 Å². The molecule has 1 fully saturated rings. The molecule has 1 aliphatic heterocycles. The Labute approximate surface area is 234 Å². The average molecular weight is 576 g/mol. The van der Waals surface area contributed by atoms with Gasteiger partial charge < -0.3 is 26.4 Å². The molecule has 2 heterocycles. The van der Waals surface area contributed by atoms with E-state index in [-0.39, 0.29) is 23.6 Å². The van der Waals surface area contributed by atoms with Crippen molar-refractivity contribution in [1.29, 1.82) is 0 Å². The number of ether oxygens (including phenoxy) is 1. The summed E-state index contributed by atoms with van der Waals surface area (Å²) in [5.74, 6) is 5.63. The third-order valence-corrected chi connectivity index (χ3v) is 7.59. The molecule has 0 aliphatic carbocycles.